The Morgan fingerprint density at radius 1 is 1.27 bits per heavy atom. The van der Waals surface area contributed by atoms with Crippen LogP contribution in [-0.4, -0.2) is 23.0 Å². The first kappa shape index (κ1) is 10.4. The lowest BCUT2D eigenvalue weighted by molar-refractivity contribution is -0.134. The zero-order valence-corrected chi connectivity index (χ0v) is 8.01. The minimum Gasteiger partial charge on any atom is -0.276 e. The van der Waals surface area contributed by atoms with Gasteiger partial charge < -0.3 is 0 Å². The number of hydrazine groups is 1. The van der Waals surface area contributed by atoms with Gasteiger partial charge in [-0.1, -0.05) is 0 Å². The van der Waals surface area contributed by atoms with Gasteiger partial charge in [-0.25, -0.2) is 5.43 Å². The van der Waals surface area contributed by atoms with Crippen molar-refractivity contribution in [3.63, 3.8) is 0 Å². The standard InChI is InChI=1S/C8H18N2O/c1-6(2)9-10(7(3)4)8(5)11/h6-7,9H,1-5H3. The Morgan fingerprint density at radius 2 is 1.73 bits per heavy atom. The summed E-state index contributed by atoms with van der Waals surface area (Å²) >= 11 is 0. The second kappa shape index (κ2) is 4.34. The predicted molar refractivity (Wildman–Crippen MR) is 45.9 cm³/mol. The topological polar surface area (TPSA) is 32.3 Å². The molecule has 1 N–H and O–H groups in total. The summed E-state index contributed by atoms with van der Waals surface area (Å²) in [4.78, 5) is 11.0. The molecule has 11 heavy (non-hydrogen) atoms. The molecule has 3 heteroatoms. The minimum atomic E-state index is 0.0636. The highest BCUT2D eigenvalue weighted by atomic mass is 16.2. The fraction of sp³-hybridized carbons (Fsp3) is 0.875. The van der Waals surface area contributed by atoms with E-state index < -0.39 is 0 Å². The summed E-state index contributed by atoms with van der Waals surface area (Å²) in [7, 11) is 0. The van der Waals surface area contributed by atoms with E-state index in [4.69, 9.17) is 0 Å². The Bertz CT molecular complexity index is 132. The lowest BCUT2D eigenvalue weighted by atomic mass is 10.3. The van der Waals surface area contributed by atoms with Crippen LogP contribution in [-0.2, 0) is 4.79 Å². The average molecular weight is 158 g/mol. The largest absolute Gasteiger partial charge is 0.276 e. The van der Waals surface area contributed by atoms with Gasteiger partial charge in [-0.3, -0.25) is 9.80 Å². The van der Waals surface area contributed by atoms with Crippen LogP contribution in [0.2, 0.25) is 0 Å². The lowest BCUT2D eigenvalue weighted by Gasteiger charge is -2.28. The smallest absolute Gasteiger partial charge is 0.233 e. The molecule has 0 aromatic rings. The van der Waals surface area contributed by atoms with Crippen LogP contribution in [0, 0.1) is 0 Å². The second-order valence-corrected chi connectivity index (χ2v) is 3.27. The van der Waals surface area contributed by atoms with Gasteiger partial charge in [0.2, 0.25) is 5.91 Å². The minimum absolute atomic E-state index is 0.0636. The Balaban J connectivity index is 4.01. The zero-order chi connectivity index (χ0) is 9.02. The van der Waals surface area contributed by atoms with E-state index in [2.05, 4.69) is 5.43 Å². The van der Waals surface area contributed by atoms with E-state index in [0.29, 0.717) is 6.04 Å². The third kappa shape index (κ3) is 3.98. The third-order valence-corrected chi connectivity index (χ3v) is 1.25. The predicted octanol–water partition coefficient (Wildman–Crippen LogP) is 1.16. The monoisotopic (exact) mass is 158 g/mol. The Labute approximate surface area is 68.7 Å². The number of carbonyl (C=O) groups is 1. The highest BCUT2D eigenvalue weighted by Crippen LogP contribution is 1.95. The quantitative estimate of drug-likeness (QED) is 0.625. The van der Waals surface area contributed by atoms with Crippen molar-refractivity contribution >= 4 is 5.91 Å². The van der Waals surface area contributed by atoms with Crippen molar-refractivity contribution in [2.75, 3.05) is 0 Å². The number of carbonyl (C=O) groups excluding carboxylic acids is 1. The molecule has 0 atom stereocenters. The van der Waals surface area contributed by atoms with E-state index in [1.54, 1.807) is 11.9 Å². The lowest BCUT2D eigenvalue weighted by Crippen LogP contribution is -2.49. The first-order chi connectivity index (χ1) is 4.95. The van der Waals surface area contributed by atoms with Gasteiger partial charge in [0.1, 0.15) is 0 Å². The summed E-state index contributed by atoms with van der Waals surface area (Å²) in [6.07, 6.45) is 0. The molecule has 0 fully saturated rings. The molecule has 0 aliphatic carbocycles. The van der Waals surface area contributed by atoms with E-state index in [9.17, 15) is 4.79 Å². The van der Waals surface area contributed by atoms with E-state index in [0.717, 1.165) is 0 Å². The molecule has 66 valence electrons. The van der Waals surface area contributed by atoms with Crippen molar-refractivity contribution in [2.24, 2.45) is 0 Å². The summed E-state index contributed by atoms with van der Waals surface area (Å²) in [5.74, 6) is 0.0636. The zero-order valence-electron chi connectivity index (χ0n) is 8.01. The number of hydrogen-bond acceptors (Lipinski definition) is 2. The molecule has 0 saturated carbocycles. The maximum atomic E-state index is 11.0. The summed E-state index contributed by atoms with van der Waals surface area (Å²) in [6, 6.07) is 0.524. The SMILES string of the molecule is CC(=O)N(NC(C)C)C(C)C. The first-order valence-electron chi connectivity index (χ1n) is 4.01. The van der Waals surface area contributed by atoms with Gasteiger partial charge in [-0.05, 0) is 27.7 Å². The van der Waals surface area contributed by atoms with E-state index in [-0.39, 0.29) is 11.9 Å². The maximum Gasteiger partial charge on any atom is 0.233 e. The fourth-order valence-electron chi connectivity index (χ4n) is 0.882. The molecule has 0 aliphatic heterocycles. The molecule has 0 bridgehead atoms. The van der Waals surface area contributed by atoms with Crippen LogP contribution in [0.1, 0.15) is 34.6 Å². The number of nitrogens with one attached hydrogen (secondary N) is 1. The van der Waals surface area contributed by atoms with E-state index in [1.165, 1.54) is 0 Å². The van der Waals surface area contributed by atoms with Crippen molar-refractivity contribution in [2.45, 2.75) is 46.7 Å². The van der Waals surface area contributed by atoms with Gasteiger partial charge in [-0.2, -0.15) is 0 Å². The third-order valence-electron chi connectivity index (χ3n) is 1.25. The summed E-state index contributed by atoms with van der Waals surface area (Å²) in [5, 5.41) is 1.64. The van der Waals surface area contributed by atoms with Crippen LogP contribution >= 0.6 is 0 Å². The maximum absolute atomic E-state index is 11.0. The first-order valence-corrected chi connectivity index (χ1v) is 4.01. The molecule has 3 nitrogen and oxygen atoms in total. The van der Waals surface area contributed by atoms with Crippen molar-refractivity contribution in [3.8, 4) is 0 Å². The summed E-state index contributed by atoms with van der Waals surface area (Å²) in [6.45, 7) is 9.56. The Kier molecular flexibility index (Phi) is 4.11. The molecule has 0 radical (unpaired) electrons. The van der Waals surface area contributed by atoms with Gasteiger partial charge in [-0.15, -0.1) is 0 Å². The van der Waals surface area contributed by atoms with Crippen LogP contribution in [0.25, 0.3) is 0 Å². The van der Waals surface area contributed by atoms with Gasteiger partial charge in [0.15, 0.2) is 0 Å². The molecular weight excluding hydrogens is 140 g/mol. The molecule has 0 heterocycles. The molecule has 0 aromatic heterocycles. The number of amides is 1. The molecule has 0 aromatic carbocycles. The number of nitrogens with zero attached hydrogens (tertiary/aromatic N) is 1. The van der Waals surface area contributed by atoms with Crippen LogP contribution in [0.4, 0.5) is 0 Å². The van der Waals surface area contributed by atoms with Crippen molar-refractivity contribution in [3.05, 3.63) is 0 Å². The Hall–Kier alpha value is -0.570. The number of hydrogen-bond donors (Lipinski definition) is 1. The molecular formula is C8H18N2O. The molecule has 0 rings (SSSR count). The van der Waals surface area contributed by atoms with Crippen LogP contribution in [0.5, 0.6) is 0 Å². The molecule has 0 spiro atoms. The summed E-state index contributed by atoms with van der Waals surface area (Å²) in [5.41, 5.74) is 3.06. The van der Waals surface area contributed by atoms with E-state index in [1.807, 2.05) is 27.7 Å². The highest BCUT2D eigenvalue weighted by molar-refractivity contribution is 5.72. The van der Waals surface area contributed by atoms with Crippen molar-refractivity contribution in [1.29, 1.82) is 0 Å². The highest BCUT2D eigenvalue weighted by Gasteiger charge is 2.12. The van der Waals surface area contributed by atoms with Crippen LogP contribution in [0.15, 0.2) is 0 Å². The molecule has 0 saturated heterocycles. The van der Waals surface area contributed by atoms with Gasteiger partial charge in [0.25, 0.3) is 0 Å². The second-order valence-electron chi connectivity index (χ2n) is 3.27. The van der Waals surface area contributed by atoms with Crippen LogP contribution in [0.3, 0.4) is 0 Å². The normalized spacial score (nSPS) is 10.8. The van der Waals surface area contributed by atoms with Gasteiger partial charge in [0.05, 0.1) is 0 Å². The molecule has 0 aliphatic rings. The average Bonchev–Trinajstić information content (AvgIpc) is 1.81. The molecule has 1 amide bonds. The molecule has 0 unspecified atom stereocenters. The van der Waals surface area contributed by atoms with Crippen LogP contribution < -0.4 is 5.43 Å². The van der Waals surface area contributed by atoms with Crippen molar-refractivity contribution in [1.82, 2.24) is 10.4 Å². The van der Waals surface area contributed by atoms with Crippen molar-refractivity contribution < 1.29 is 4.79 Å². The summed E-state index contributed by atoms with van der Waals surface area (Å²) < 4.78 is 0. The van der Waals surface area contributed by atoms with Gasteiger partial charge >= 0.3 is 0 Å². The number of rotatable bonds is 3. The van der Waals surface area contributed by atoms with E-state index >= 15 is 0 Å². The van der Waals surface area contributed by atoms with Gasteiger partial charge in [0, 0.05) is 19.0 Å². The Morgan fingerprint density at radius 3 is 1.82 bits per heavy atom. The fourth-order valence-corrected chi connectivity index (χ4v) is 0.882.